The molecule has 1 aromatic rings. The molecular formula is C12H16N2O4. The third-order valence-electron chi connectivity index (χ3n) is 2.26. The fourth-order valence-electron chi connectivity index (χ4n) is 1.30. The van der Waals surface area contributed by atoms with Gasteiger partial charge in [-0.1, -0.05) is 13.8 Å². The average Bonchev–Trinajstić information content (AvgIpc) is 2.29. The SMILES string of the molecule is CC(C)CNC(=O)Cn1ccc(C(=O)O)cc1=O. The molecule has 0 saturated carbocycles. The molecule has 0 aliphatic heterocycles. The topological polar surface area (TPSA) is 88.4 Å². The third-order valence-corrected chi connectivity index (χ3v) is 2.26. The van der Waals surface area contributed by atoms with Crippen LogP contribution < -0.4 is 10.9 Å². The summed E-state index contributed by atoms with van der Waals surface area (Å²) in [5, 5.41) is 11.4. The molecule has 6 nitrogen and oxygen atoms in total. The molecule has 18 heavy (non-hydrogen) atoms. The van der Waals surface area contributed by atoms with Crippen molar-refractivity contribution in [1.29, 1.82) is 0 Å². The monoisotopic (exact) mass is 252 g/mol. The number of carbonyl (C=O) groups is 2. The second kappa shape index (κ2) is 6.00. The molecule has 0 spiro atoms. The zero-order chi connectivity index (χ0) is 13.7. The van der Waals surface area contributed by atoms with Crippen LogP contribution in [0.3, 0.4) is 0 Å². The van der Waals surface area contributed by atoms with Crippen LogP contribution in [0.15, 0.2) is 23.1 Å². The van der Waals surface area contributed by atoms with Crippen molar-refractivity contribution in [3.05, 3.63) is 34.2 Å². The molecule has 0 aromatic carbocycles. The third kappa shape index (κ3) is 4.04. The van der Waals surface area contributed by atoms with Crippen LogP contribution in [0.25, 0.3) is 0 Å². The van der Waals surface area contributed by atoms with Crippen LogP contribution in [-0.4, -0.2) is 28.1 Å². The van der Waals surface area contributed by atoms with E-state index >= 15 is 0 Å². The Morgan fingerprint density at radius 3 is 2.61 bits per heavy atom. The Labute approximate surface area is 104 Å². The number of hydrogen-bond acceptors (Lipinski definition) is 3. The van der Waals surface area contributed by atoms with Gasteiger partial charge in [0.1, 0.15) is 6.54 Å². The van der Waals surface area contributed by atoms with Crippen LogP contribution in [0.5, 0.6) is 0 Å². The molecule has 0 fully saturated rings. The van der Waals surface area contributed by atoms with Crippen LogP contribution in [-0.2, 0) is 11.3 Å². The maximum Gasteiger partial charge on any atom is 0.335 e. The van der Waals surface area contributed by atoms with Gasteiger partial charge in [-0.3, -0.25) is 9.59 Å². The number of pyridine rings is 1. The molecule has 1 heterocycles. The van der Waals surface area contributed by atoms with Crippen LogP contribution >= 0.6 is 0 Å². The lowest BCUT2D eigenvalue weighted by Gasteiger charge is -2.09. The summed E-state index contributed by atoms with van der Waals surface area (Å²) in [5.41, 5.74) is -0.589. The number of amides is 1. The predicted octanol–water partition coefficient (Wildman–Crippen LogP) is 0.319. The van der Waals surface area contributed by atoms with Gasteiger partial charge in [0.15, 0.2) is 0 Å². The molecule has 1 aromatic heterocycles. The summed E-state index contributed by atoms with van der Waals surface area (Å²) in [5.74, 6) is -1.10. The Morgan fingerprint density at radius 1 is 1.44 bits per heavy atom. The summed E-state index contributed by atoms with van der Waals surface area (Å²) < 4.78 is 1.17. The molecule has 0 bridgehead atoms. The highest BCUT2D eigenvalue weighted by atomic mass is 16.4. The van der Waals surface area contributed by atoms with Gasteiger partial charge in [-0.05, 0) is 12.0 Å². The molecular weight excluding hydrogens is 236 g/mol. The van der Waals surface area contributed by atoms with E-state index < -0.39 is 11.5 Å². The molecule has 0 aliphatic carbocycles. The average molecular weight is 252 g/mol. The summed E-state index contributed by atoms with van der Waals surface area (Å²) in [6.07, 6.45) is 1.31. The Morgan fingerprint density at radius 2 is 2.11 bits per heavy atom. The molecule has 1 rings (SSSR count). The fraction of sp³-hybridized carbons (Fsp3) is 0.417. The molecule has 1 amide bonds. The van der Waals surface area contributed by atoms with Gasteiger partial charge in [0.25, 0.3) is 5.56 Å². The number of rotatable bonds is 5. The van der Waals surface area contributed by atoms with Gasteiger partial charge < -0.3 is 15.0 Å². The zero-order valence-corrected chi connectivity index (χ0v) is 10.3. The fourth-order valence-corrected chi connectivity index (χ4v) is 1.30. The van der Waals surface area contributed by atoms with E-state index in [2.05, 4.69) is 5.32 Å². The van der Waals surface area contributed by atoms with Gasteiger partial charge in [-0.15, -0.1) is 0 Å². The quantitative estimate of drug-likeness (QED) is 0.789. The van der Waals surface area contributed by atoms with Gasteiger partial charge in [-0.25, -0.2) is 4.79 Å². The summed E-state index contributed by atoms with van der Waals surface area (Å²) in [4.78, 5) is 33.7. The van der Waals surface area contributed by atoms with E-state index in [1.165, 1.54) is 16.8 Å². The zero-order valence-electron chi connectivity index (χ0n) is 10.3. The summed E-state index contributed by atoms with van der Waals surface area (Å²) >= 11 is 0. The maximum absolute atomic E-state index is 11.5. The van der Waals surface area contributed by atoms with E-state index in [1.54, 1.807) is 0 Å². The Hall–Kier alpha value is -2.11. The second-order valence-electron chi connectivity index (χ2n) is 4.38. The molecule has 2 N–H and O–H groups in total. The van der Waals surface area contributed by atoms with Crippen LogP contribution in [0, 0.1) is 5.92 Å². The van der Waals surface area contributed by atoms with Crippen LogP contribution in [0.4, 0.5) is 0 Å². The van der Waals surface area contributed by atoms with Gasteiger partial charge in [-0.2, -0.15) is 0 Å². The first-order valence-electron chi connectivity index (χ1n) is 5.60. The first-order valence-corrected chi connectivity index (χ1v) is 5.60. The van der Waals surface area contributed by atoms with Crippen molar-refractivity contribution >= 4 is 11.9 Å². The smallest absolute Gasteiger partial charge is 0.335 e. The highest BCUT2D eigenvalue weighted by molar-refractivity contribution is 5.87. The number of aromatic carboxylic acids is 1. The first-order chi connectivity index (χ1) is 8.40. The summed E-state index contributed by atoms with van der Waals surface area (Å²) in [7, 11) is 0. The van der Waals surface area contributed by atoms with Gasteiger partial charge in [0, 0.05) is 18.8 Å². The maximum atomic E-state index is 11.5. The largest absolute Gasteiger partial charge is 0.478 e. The van der Waals surface area contributed by atoms with Gasteiger partial charge in [0.2, 0.25) is 5.91 Å². The number of carbonyl (C=O) groups excluding carboxylic acids is 1. The lowest BCUT2D eigenvalue weighted by molar-refractivity contribution is -0.121. The number of carboxylic acid groups (broad SMARTS) is 1. The molecule has 0 saturated heterocycles. The molecule has 0 unspecified atom stereocenters. The first kappa shape index (κ1) is 14.0. The number of nitrogens with zero attached hydrogens (tertiary/aromatic N) is 1. The summed E-state index contributed by atoms with van der Waals surface area (Å²) in [6, 6.07) is 2.29. The van der Waals surface area contributed by atoms with Crippen molar-refractivity contribution < 1.29 is 14.7 Å². The lowest BCUT2D eigenvalue weighted by atomic mass is 10.2. The standard InChI is InChI=1S/C12H16N2O4/c1-8(2)6-13-10(15)7-14-4-3-9(12(17)18)5-11(14)16/h3-5,8H,6-7H2,1-2H3,(H,13,15)(H,17,18). The van der Waals surface area contributed by atoms with Crippen molar-refractivity contribution in [2.75, 3.05) is 6.54 Å². The van der Waals surface area contributed by atoms with E-state index in [0.29, 0.717) is 12.5 Å². The molecule has 0 aliphatic rings. The van der Waals surface area contributed by atoms with Gasteiger partial charge >= 0.3 is 5.97 Å². The highest BCUT2D eigenvalue weighted by Gasteiger charge is 2.08. The lowest BCUT2D eigenvalue weighted by Crippen LogP contribution is -2.34. The number of hydrogen-bond donors (Lipinski definition) is 2. The number of aromatic nitrogens is 1. The number of nitrogens with one attached hydrogen (secondary N) is 1. The Bertz CT molecular complexity index is 505. The van der Waals surface area contributed by atoms with E-state index in [1.807, 2.05) is 13.8 Å². The minimum absolute atomic E-state index is 0.0844. The van der Waals surface area contributed by atoms with Crippen molar-refractivity contribution in [2.24, 2.45) is 5.92 Å². The molecule has 0 radical (unpaired) electrons. The normalized spacial score (nSPS) is 10.4. The Balaban J connectivity index is 2.71. The molecule has 0 atom stereocenters. The Kier molecular flexibility index (Phi) is 4.65. The highest BCUT2D eigenvalue weighted by Crippen LogP contribution is 1.94. The molecule has 98 valence electrons. The van der Waals surface area contributed by atoms with Crippen LogP contribution in [0.1, 0.15) is 24.2 Å². The van der Waals surface area contributed by atoms with Crippen LogP contribution in [0.2, 0.25) is 0 Å². The van der Waals surface area contributed by atoms with E-state index in [-0.39, 0.29) is 18.0 Å². The van der Waals surface area contributed by atoms with Crippen molar-refractivity contribution in [1.82, 2.24) is 9.88 Å². The van der Waals surface area contributed by atoms with Crippen molar-refractivity contribution in [3.63, 3.8) is 0 Å². The predicted molar refractivity (Wildman–Crippen MR) is 65.5 cm³/mol. The minimum atomic E-state index is -1.16. The van der Waals surface area contributed by atoms with Crippen molar-refractivity contribution in [2.45, 2.75) is 20.4 Å². The van der Waals surface area contributed by atoms with E-state index in [9.17, 15) is 14.4 Å². The van der Waals surface area contributed by atoms with E-state index in [4.69, 9.17) is 5.11 Å². The van der Waals surface area contributed by atoms with E-state index in [0.717, 1.165) is 6.07 Å². The minimum Gasteiger partial charge on any atom is -0.478 e. The van der Waals surface area contributed by atoms with Crippen molar-refractivity contribution in [3.8, 4) is 0 Å². The second-order valence-corrected chi connectivity index (χ2v) is 4.38. The molecule has 6 heteroatoms. The van der Waals surface area contributed by atoms with Gasteiger partial charge in [0.05, 0.1) is 5.56 Å². The summed E-state index contributed by atoms with van der Waals surface area (Å²) in [6.45, 7) is 4.37. The number of carboxylic acids is 1.